The minimum Gasteiger partial charge on any atom is -0.350 e. The number of halogens is 1. The second-order valence-corrected chi connectivity index (χ2v) is 5.65. The van der Waals surface area contributed by atoms with E-state index in [1.807, 2.05) is 12.3 Å². The second-order valence-electron chi connectivity index (χ2n) is 4.73. The molecule has 1 aliphatic rings. The fourth-order valence-corrected chi connectivity index (χ4v) is 2.38. The van der Waals surface area contributed by atoms with Gasteiger partial charge in [-0.15, -0.1) is 0 Å². The summed E-state index contributed by atoms with van der Waals surface area (Å²) in [6.45, 7) is 4.60. The summed E-state index contributed by atoms with van der Waals surface area (Å²) in [4.78, 5) is 4.43. The van der Waals surface area contributed by atoms with Gasteiger partial charge >= 0.3 is 0 Å². The summed E-state index contributed by atoms with van der Waals surface area (Å²) < 4.78 is 12.1. The highest BCUT2D eigenvalue weighted by Gasteiger charge is 2.21. The van der Waals surface area contributed by atoms with Crippen LogP contribution in [0.4, 0.5) is 0 Å². The van der Waals surface area contributed by atoms with Crippen LogP contribution >= 0.6 is 15.9 Å². The molecule has 1 aromatic heterocycles. The Bertz CT molecular complexity index is 366. The molecule has 2 rings (SSSR count). The maximum Gasteiger partial charge on any atom is 0.159 e. The standard InChI is InChI=1S/C14H21BrN2O2/c1-2-5-16-13(9-14-18-6-7-19-14)8-12-4-3-11(15)10-17-12/h3-4,10,13-14,16H,2,5-9H2,1H3. The molecule has 4 nitrogen and oxygen atoms in total. The first-order valence-electron chi connectivity index (χ1n) is 6.85. The van der Waals surface area contributed by atoms with Crippen LogP contribution in [-0.2, 0) is 15.9 Å². The number of rotatable bonds is 7. The Morgan fingerprint density at radius 3 is 2.84 bits per heavy atom. The van der Waals surface area contributed by atoms with Gasteiger partial charge in [-0.25, -0.2) is 0 Å². The normalized spacial score (nSPS) is 17.8. The topological polar surface area (TPSA) is 43.4 Å². The first-order chi connectivity index (χ1) is 9.28. The molecule has 0 spiro atoms. The highest BCUT2D eigenvalue weighted by molar-refractivity contribution is 9.10. The van der Waals surface area contributed by atoms with Crippen molar-refractivity contribution in [1.29, 1.82) is 0 Å². The van der Waals surface area contributed by atoms with E-state index in [0.717, 1.165) is 36.0 Å². The summed E-state index contributed by atoms with van der Waals surface area (Å²) in [6, 6.07) is 4.43. The summed E-state index contributed by atoms with van der Waals surface area (Å²) in [6.07, 6.45) is 4.67. The molecule has 19 heavy (non-hydrogen) atoms. The van der Waals surface area contributed by atoms with E-state index >= 15 is 0 Å². The number of nitrogens with one attached hydrogen (secondary N) is 1. The summed E-state index contributed by atoms with van der Waals surface area (Å²) in [5.74, 6) is 0. The van der Waals surface area contributed by atoms with Crippen LogP contribution in [0.25, 0.3) is 0 Å². The fraction of sp³-hybridized carbons (Fsp3) is 0.643. The van der Waals surface area contributed by atoms with Crippen LogP contribution in [0, 0.1) is 0 Å². The van der Waals surface area contributed by atoms with Crippen molar-refractivity contribution in [2.24, 2.45) is 0 Å². The third-order valence-electron chi connectivity index (χ3n) is 3.09. The summed E-state index contributed by atoms with van der Waals surface area (Å²) in [7, 11) is 0. The van der Waals surface area contributed by atoms with Gasteiger partial charge in [0, 0.05) is 35.2 Å². The Labute approximate surface area is 123 Å². The van der Waals surface area contributed by atoms with Crippen molar-refractivity contribution < 1.29 is 9.47 Å². The zero-order chi connectivity index (χ0) is 13.5. The predicted molar refractivity (Wildman–Crippen MR) is 78.0 cm³/mol. The lowest BCUT2D eigenvalue weighted by Gasteiger charge is -2.21. The van der Waals surface area contributed by atoms with Crippen molar-refractivity contribution in [3.05, 3.63) is 28.5 Å². The maximum atomic E-state index is 5.53. The highest BCUT2D eigenvalue weighted by atomic mass is 79.9. The highest BCUT2D eigenvalue weighted by Crippen LogP contribution is 2.14. The average molecular weight is 329 g/mol. The Kier molecular flexibility index (Phi) is 6.23. The molecule has 1 unspecified atom stereocenters. The largest absolute Gasteiger partial charge is 0.350 e. The molecule has 1 atom stereocenters. The van der Waals surface area contributed by atoms with E-state index in [-0.39, 0.29) is 6.29 Å². The van der Waals surface area contributed by atoms with E-state index in [1.54, 1.807) is 0 Å². The third kappa shape index (κ3) is 5.18. The number of nitrogens with zero attached hydrogens (tertiary/aromatic N) is 1. The zero-order valence-electron chi connectivity index (χ0n) is 11.3. The van der Waals surface area contributed by atoms with Crippen LogP contribution in [0.2, 0.25) is 0 Å². The Hall–Kier alpha value is -0.490. The van der Waals surface area contributed by atoms with Gasteiger partial charge in [0.05, 0.1) is 13.2 Å². The molecule has 106 valence electrons. The molecular weight excluding hydrogens is 308 g/mol. The third-order valence-corrected chi connectivity index (χ3v) is 3.56. The summed E-state index contributed by atoms with van der Waals surface area (Å²) in [5, 5.41) is 3.55. The number of hydrogen-bond acceptors (Lipinski definition) is 4. The SMILES string of the molecule is CCCNC(Cc1ccc(Br)cn1)CC1OCCO1. The van der Waals surface area contributed by atoms with Gasteiger partial charge in [0.25, 0.3) is 0 Å². The molecule has 1 aromatic rings. The monoisotopic (exact) mass is 328 g/mol. The maximum absolute atomic E-state index is 5.53. The lowest BCUT2D eigenvalue weighted by molar-refractivity contribution is -0.0526. The lowest BCUT2D eigenvalue weighted by Crippen LogP contribution is -2.35. The van der Waals surface area contributed by atoms with Gasteiger partial charge < -0.3 is 14.8 Å². The number of aromatic nitrogens is 1. The van der Waals surface area contributed by atoms with Gasteiger partial charge in [-0.2, -0.15) is 0 Å². The van der Waals surface area contributed by atoms with Crippen molar-refractivity contribution in [3.8, 4) is 0 Å². The van der Waals surface area contributed by atoms with Gasteiger partial charge in [-0.3, -0.25) is 4.98 Å². The molecule has 0 aromatic carbocycles. The van der Waals surface area contributed by atoms with Crippen LogP contribution in [0.1, 0.15) is 25.5 Å². The first-order valence-corrected chi connectivity index (χ1v) is 7.64. The quantitative estimate of drug-likeness (QED) is 0.835. The van der Waals surface area contributed by atoms with Crippen molar-refractivity contribution in [1.82, 2.24) is 10.3 Å². The van der Waals surface area contributed by atoms with E-state index in [9.17, 15) is 0 Å². The van der Waals surface area contributed by atoms with Crippen molar-refractivity contribution in [3.63, 3.8) is 0 Å². The molecule has 0 aliphatic carbocycles. The van der Waals surface area contributed by atoms with Gasteiger partial charge in [-0.1, -0.05) is 6.92 Å². The van der Waals surface area contributed by atoms with E-state index < -0.39 is 0 Å². The van der Waals surface area contributed by atoms with E-state index in [0.29, 0.717) is 19.3 Å². The Balaban J connectivity index is 1.89. The molecule has 0 saturated carbocycles. The second kappa shape index (κ2) is 7.94. The molecule has 1 N–H and O–H groups in total. The summed E-state index contributed by atoms with van der Waals surface area (Å²) in [5.41, 5.74) is 1.09. The number of hydrogen-bond donors (Lipinski definition) is 1. The van der Waals surface area contributed by atoms with Crippen LogP contribution in [0.5, 0.6) is 0 Å². The number of pyridine rings is 1. The van der Waals surface area contributed by atoms with E-state index in [2.05, 4.69) is 39.2 Å². The van der Waals surface area contributed by atoms with Gasteiger partial charge in [0.1, 0.15) is 0 Å². The van der Waals surface area contributed by atoms with Crippen molar-refractivity contribution in [2.75, 3.05) is 19.8 Å². The van der Waals surface area contributed by atoms with Gasteiger partial charge in [0.2, 0.25) is 0 Å². The van der Waals surface area contributed by atoms with E-state index in [1.165, 1.54) is 0 Å². The fourth-order valence-electron chi connectivity index (χ4n) is 2.14. The minimum absolute atomic E-state index is 0.0650. The zero-order valence-corrected chi connectivity index (χ0v) is 12.9. The van der Waals surface area contributed by atoms with Gasteiger partial charge in [-0.05, 0) is 41.0 Å². The smallest absolute Gasteiger partial charge is 0.159 e. The van der Waals surface area contributed by atoms with Crippen LogP contribution < -0.4 is 5.32 Å². The molecule has 0 radical (unpaired) electrons. The Morgan fingerprint density at radius 2 is 2.21 bits per heavy atom. The van der Waals surface area contributed by atoms with Crippen molar-refractivity contribution in [2.45, 2.75) is 38.5 Å². The minimum atomic E-state index is -0.0650. The van der Waals surface area contributed by atoms with Crippen LogP contribution in [0.15, 0.2) is 22.8 Å². The molecular formula is C14H21BrN2O2. The molecule has 0 bridgehead atoms. The van der Waals surface area contributed by atoms with Crippen molar-refractivity contribution >= 4 is 15.9 Å². The molecule has 1 fully saturated rings. The predicted octanol–water partition coefficient (Wildman–Crippen LogP) is 2.52. The molecule has 1 aliphatic heterocycles. The molecule has 5 heteroatoms. The molecule has 0 amide bonds. The average Bonchev–Trinajstić information content (AvgIpc) is 2.91. The molecule has 2 heterocycles. The van der Waals surface area contributed by atoms with Gasteiger partial charge in [0.15, 0.2) is 6.29 Å². The van der Waals surface area contributed by atoms with Crippen LogP contribution in [-0.4, -0.2) is 37.1 Å². The van der Waals surface area contributed by atoms with E-state index in [4.69, 9.17) is 9.47 Å². The Morgan fingerprint density at radius 1 is 1.42 bits per heavy atom. The lowest BCUT2D eigenvalue weighted by atomic mass is 10.1. The van der Waals surface area contributed by atoms with Crippen LogP contribution in [0.3, 0.4) is 0 Å². The summed E-state index contributed by atoms with van der Waals surface area (Å²) >= 11 is 3.41. The molecule has 1 saturated heterocycles. The first kappa shape index (κ1) is 14.9. The number of ether oxygens (including phenoxy) is 2.